The Morgan fingerprint density at radius 2 is 1.59 bits per heavy atom. The number of hydrogen-bond acceptors (Lipinski definition) is 5. The van der Waals surface area contributed by atoms with Gasteiger partial charge in [-0.05, 0) is 107 Å². The zero-order valence-electron chi connectivity index (χ0n) is 23.0. The maximum atomic E-state index is 14.2. The van der Waals surface area contributed by atoms with Crippen LogP contribution in [-0.4, -0.2) is 50.1 Å². The number of para-hydroxylation sites is 2. The summed E-state index contributed by atoms with van der Waals surface area (Å²) in [4.78, 5) is 48.7. The second kappa shape index (κ2) is 8.38. The largest absolute Gasteiger partial charge is 0.331 e. The van der Waals surface area contributed by atoms with Crippen molar-refractivity contribution in [2.75, 3.05) is 4.90 Å². The summed E-state index contributed by atoms with van der Waals surface area (Å²) in [6.07, 6.45) is 12.7. The number of rotatable bonds is 3. The molecule has 4 bridgehead atoms. The van der Waals surface area contributed by atoms with E-state index in [-0.39, 0.29) is 17.4 Å². The fraction of sp³-hybridized carbons (Fsp3) is 0.677. The van der Waals surface area contributed by atoms with E-state index < -0.39 is 17.5 Å². The van der Waals surface area contributed by atoms with Crippen LogP contribution in [0.3, 0.4) is 0 Å². The number of aromatic nitrogens is 2. The van der Waals surface area contributed by atoms with Gasteiger partial charge in [-0.2, -0.15) is 0 Å². The number of benzene rings is 1. The van der Waals surface area contributed by atoms with Crippen LogP contribution in [0.15, 0.2) is 29.1 Å². The smallest absolute Gasteiger partial charge is 0.323 e. The van der Waals surface area contributed by atoms with E-state index in [9.17, 15) is 14.4 Å². The summed E-state index contributed by atoms with van der Waals surface area (Å²) < 4.78 is 1.89. The summed E-state index contributed by atoms with van der Waals surface area (Å²) in [6.45, 7) is 3.32. The van der Waals surface area contributed by atoms with Crippen molar-refractivity contribution in [2.45, 2.75) is 108 Å². The molecule has 1 N–H and O–H groups in total. The molecule has 2 unspecified atom stereocenters. The molecule has 1 aromatic carbocycles. The molecule has 8 heteroatoms. The van der Waals surface area contributed by atoms with Crippen molar-refractivity contribution in [1.29, 1.82) is 0 Å². The number of hydrogen-bond donors (Lipinski definition) is 1. The average Bonchev–Trinajstić information content (AvgIpc) is 3.23. The van der Waals surface area contributed by atoms with Gasteiger partial charge in [0.2, 0.25) is 5.82 Å². The van der Waals surface area contributed by atoms with E-state index in [2.05, 4.69) is 15.2 Å². The fourth-order valence-corrected chi connectivity index (χ4v) is 9.82. The molecule has 2 aromatic rings. The van der Waals surface area contributed by atoms with Gasteiger partial charge in [0, 0.05) is 24.2 Å². The van der Waals surface area contributed by atoms with Crippen LogP contribution in [0, 0.1) is 23.7 Å². The summed E-state index contributed by atoms with van der Waals surface area (Å²) >= 11 is 0. The van der Waals surface area contributed by atoms with Gasteiger partial charge in [-0.15, -0.1) is 0 Å². The lowest BCUT2D eigenvalue weighted by Crippen LogP contribution is -2.58. The number of piperidine rings is 2. The highest BCUT2D eigenvalue weighted by molar-refractivity contribution is 6.22. The lowest BCUT2D eigenvalue weighted by atomic mass is 9.64. The fourth-order valence-electron chi connectivity index (χ4n) is 9.82. The van der Waals surface area contributed by atoms with E-state index in [1.54, 1.807) is 13.8 Å². The predicted octanol–water partition coefficient (Wildman–Crippen LogP) is 4.61. The molecule has 0 spiro atoms. The van der Waals surface area contributed by atoms with Crippen LogP contribution >= 0.6 is 0 Å². The summed E-state index contributed by atoms with van der Waals surface area (Å²) in [7, 11) is 0. The number of anilines is 1. The Balaban J connectivity index is 1.16. The molecule has 1 aromatic heterocycles. The molecule has 3 aliphatic heterocycles. The van der Waals surface area contributed by atoms with Gasteiger partial charge in [-0.1, -0.05) is 18.6 Å². The van der Waals surface area contributed by atoms with Crippen LogP contribution in [0.4, 0.5) is 10.6 Å². The topological polar surface area (TPSA) is 87.5 Å². The second-order valence-corrected chi connectivity index (χ2v) is 14.0. The molecule has 6 aliphatic rings. The molecule has 8 atom stereocenters. The first-order valence-corrected chi connectivity index (χ1v) is 15.2. The Kier molecular flexibility index (Phi) is 5.18. The number of carbonyl (C=O) groups excluding carboxylic acids is 2. The van der Waals surface area contributed by atoms with Gasteiger partial charge < -0.3 is 9.88 Å². The van der Waals surface area contributed by atoms with E-state index in [1.807, 2.05) is 28.8 Å². The van der Waals surface area contributed by atoms with Crippen molar-refractivity contribution in [2.24, 2.45) is 23.7 Å². The molecular formula is C31H39N5O3. The number of fused-ring (bicyclic) bond motifs is 4. The first kappa shape index (κ1) is 24.1. The quantitative estimate of drug-likeness (QED) is 0.587. The molecular weight excluding hydrogens is 490 g/mol. The molecule has 6 fully saturated rings. The van der Waals surface area contributed by atoms with Crippen molar-refractivity contribution in [1.82, 2.24) is 19.8 Å². The van der Waals surface area contributed by atoms with Crippen molar-refractivity contribution in [3.05, 3.63) is 34.6 Å². The molecule has 0 radical (unpaired) electrons. The first-order valence-electron chi connectivity index (χ1n) is 15.2. The zero-order chi connectivity index (χ0) is 26.6. The Morgan fingerprint density at radius 1 is 0.846 bits per heavy atom. The van der Waals surface area contributed by atoms with Crippen LogP contribution in [0.25, 0.3) is 11.0 Å². The minimum Gasteiger partial charge on any atom is -0.323 e. The van der Waals surface area contributed by atoms with Crippen molar-refractivity contribution >= 4 is 28.8 Å². The van der Waals surface area contributed by atoms with Gasteiger partial charge in [-0.25, -0.2) is 14.7 Å². The number of urea groups is 1. The van der Waals surface area contributed by atoms with Crippen molar-refractivity contribution < 1.29 is 9.59 Å². The third kappa shape index (κ3) is 3.52. The van der Waals surface area contributed by atoms with Crippen LogP contribution in [0.5, 0.6) is 0 Å². The maximum absolute atomic E-state index is 14.2. The minimum absolute atomic E-state index is 0.0276. The standard InChI is InChI=1S/C31H39N5O3/c1-31(2)29(38)36(30(39)33-31)27-28(37)35(26-9-4-3-8-25(26)32-27)23-15-20-6-5-7-21(16-23)34(20)22-11-17-10-18-13-19(14-22)24(18)12-17/h3-4,8-9,17-24H,5-7,10-16H2,1-2H3,(H,33,39)/t17-,18+,19+,20-,21+,22-,23?,24?/m1/s1. The van der Waals surface area contributed by atoms with E-state index in [0.29, 0.717) is 23.6 Å². The number of carbonyl (C=O) groups is 2. The summed E-state index contributed by atoms with van der Waals surface area (Å²) in [6, 6.07) is 8.78. The van der Waals surface area contributed by atoms with Crippen molar-refractivity contribution in [3.8, 4) is 0 Å². The molecule has 8 rings (SSSR count). The minimum atomic E-state index is -1.07. The molecule has 206 valence electrons. The zero-order valence-corrected chi connectivity index (χ0v) is 23.0. The van der Waals surface area contributed by atoms with E-state index in [1.165, 1.54) is 51.4 Å². The number of nitrogens with zero attached hydrogens (tertiary/aromatic N) is 4. The Bertz CT molecular complexity index is 1420. The molecule has 3 saturated heterocycles. The predicted molar refractivity (Wildman–Crippen MR) is 148 cm³/mol. The highest BCUT2D eigenvalue weighted by Crippen LogP contribution is 2.59. The summed E-state index contributed by atoms with van der Waals surface area (Å²) in [5.41, 5.74) is 0.0345. The Hall–Kier alpha value is -2.74. The molecule has 4 heterocycles. The van der Waals surface area contributed by atoms with Gasteiger partial charge >= 0.3 is 6.03 Å². The highest BCUT2D eigenvalue weighted by Gasteiger charge is 2.53. The normalized spacial score (nSPS) is 39.0. The third-order valence-corrected chi connectivity index (χ3v) is 11.4. The lowest BCUT2D eigenvalue weighted by Gasteiger charge is -2.54. The van der Waals surface area contributed by atoms with E-state index >= 15 is 0 Å². The molecule has 3 saturated carbocycles. The molecule has 3 amide bonds. The highest BCUT2D eigenvalue weighted by atomic mass is 16.2. The average molecular weight is 530 g/mol. The molecule has 3 aliphatic carbocycles. The molecule has 39 heavy (non-hydrogen) atoms. The van der Waals surface area contributed by atoms with Gasteiger partial charge in [0.05, 0.1) is 11.0 Å². The van der Waals surface area contributed by atoms with Crippen LogP contribution in [0.2, 0.25) is 0 Å². The SMILES string of the molecule is CC1(C)NC(=O)N(c2nc3ccccc3n(C3C[C@H]4CCC[C@@H](C3)N4[C@@H]3C[C@@H]4CC5[C@@H](C4)C[C@H]5C3)c2=O)C1=O. The number of imide groups is 1. The monoisotopic (exact) mass is 529 g/mol. The Morgan fingerprint density at radius 3 is 2.33 bits per heavy atom. The number of amides is 3. The number of nitrogens with one attached hydrogen (secondary N) is 1. The lowest BCUT2D eigenvalue weighted by molar-refractivity contribution is -0.121. The molecule has 8 nitrogen and oxygen atoms in total. The van der Waals surface area contributed by atoms with Crippen LogP contribution in [-0.2, 0) is 4.79 Å². The van der Waals surface area contributed by atoms with Crippen LogP contribution < -0.4 is 15.8 Å². The Labute approximate surface area is 229 Å². The maximum Gasteiger partial charge on any atom is 0.331 e. The summed E-state index contributed by atoms with van der Waals surface area (Å²) in [5.74, 6) is 3.38. The summed E-state index contributed by atoms with van der Waals surface area (Å²) in [5, 5.41) is 2.71. The van der Waals surface area contributed by atoms with Crippen molar-refractivity contribution in [3.63, 3.8) is 0 Å². The first-order chi connectivity index (χ1) is 18.8. The van der Waals surface area contributed by atoms with E-state index in [0.717, 1.165) is 46.9 Å². The van der Waals surface area contributed by atoms with Gasteiger partial charge in [0.1, 0.15) is 5.54 Å². The van der Waals surface area contributed by atoms with E-state index in [4.69, 9.17) is 0 Å². The van der Waals surface area contributed by atoms with Gasteiger partial charge in [0.15, 0.2) is 0 Å². The van der Waals surface area contributed by atoms with Gasteiger partial charge in [-0.3, -0.25) is 14.5 Å². The second-order valence-electron chi connectivity index (χ2n) is 14.0. The van der Waals surface area contributed by atoms with Gasteiger partial charge in [0.25, 0.3) is 11.5 Å². The third-order valence-electron chi connectivity index (χ3n) is 11.4. The van der Waals surface area contributed by atoms with Crippen LogP contribution in [0.1, 0.15) is 84.1 Å².